The van der Waals surface area contributed by atoms with Crippen molar-refractivity contribution in [1.29, 1.82) is 0 Å². The van der Waals surface area contributed by atoms with E-state index in [1.165, 1.54) is 6.07 Å². The van der Waals surface area contributed by atoms with Gasteiger partial charge in [-0.2, -0.15) is 5.10 Å². The molecular weight excluding hydrogens is 365 g/mol. The summed E-state index contributed by atoms with van der Waals surface area (Å²) in [6.45, 7) is 0. The fourth-order valence-electron chi connectivity index (χ4n) is 1.41. The van der Waals surface area contributed by atoms with E-state index in [1.807, 2.05) is 19.3 Å². The molecule has 2 rings (SSSR count). The minimum atomic E-state index is -0.380. The summed E-state index contributed by atoms with van der Waals surface area (Å²) in [6.07, 6.45) is 1.90. The summed E-state index contributed by atoms with van der Waals surface area (Å²) in [4.78, 5) is 11.3. The predicted molar refractivity (Wildman–Crippen MR) is 78.6 cm³/mol. The highest BCUT2D eigenvalue weighted by atomic mass is 127. The van der Waals surface area contributed by atoms with Gasteiger partial charge in [0.1, 0.15) is 0 Å². The van der Waals surface area contributed by atoms with Crippen molar-refractivity contribution in [3.63, 3.8) is 0 Å². The first kappa shape index (κ1) is 13.3. The average molecular weight is 375 g/mol. The molecule has 0 saturated heterocycles. The van der Waals surface area contributed by atoms with E-state index in [0.29, 0.717) is 0 Å². The van der Waals surface area contributed by atoms with Gasteiger partial charge in [-0.1, -0.05) is 0 Å². The van der Waals surface area contributed by atoms with E-state index in [4.69, 9.17) is 0 Å². The number of nitro groups is 1. The largest absolute Gasteiger partial charge is 0.276 e. The minimum absolute atomic E-state index is 0.126. The quantitative estimate of drug-likeness (QED) is 0.356. The van der Waals surface area contributed by atoms with Crippen LogP contribution in [-0.2, 0) is 12.8 Å². The maximum Gasteiger partial charge on any atom is 0.270 e. The molecule has 5 nitrogen and oxygen atoms in total. The number of aromatic nitrogens is 2. The van der Waals surface area contributed by atoms with Crippen LogP contribution in [0.25, 0.3) is 0 Å². The van der Waals surface area contributed by atoms with Gasteiger partial charge in [-0.15, -0.1) is 11.8 Å². The molecule has 0 atom stereocenters. The van der Waals surface area contributed by atoms with E-state index in [0.717, 1.165) is 19.9 Å². The van der Waals surface area contributed by atoms with Crippen LogP contribution in [-0.4, -0.2) is 14.7 Å². The number of hydrogen-bond donors (Lipinski definition) is 0. The lowest BCUT2D eigenvalue weighted by Crippen LogP contribution is -1.91. The minimum Gasteiger partial charge on any atom is -0.276 e. The Morgan fingerprint density at radius 2 is 2.28 bits per heavy atom. The number of nitrogens with zero attached hydrogens (tertiary/aromatic N) is 3. The Balaban J connectivity index is 2.08. The summed E-state index contributed by atoms with van der Waals surface area (Å²) in [5.41, 5.74) is 1.12. The highest BCUT2D eigenvalue weighted by Crippen LogP contribution is 2.29. The topological polar surface area (TPSA) is 61.0 Å². The summed E-state index contributed by atoms with van der Waals surface area (Å²) in [5, 5.41) is 14.9. The van der Waals surface area contributed by atoms with Crippen LogP contribution in [0.1, 0.15) is 5.69 Å². The number of aryl methyl sites for hydroxylation is 1. The standard InChI is InChI=1S/C11H10IN3O2S/c1-14-5-4-8(13-14)7-18-11-3-2-9(15(16)17)6-10(11)12/h2-6H,7H2,1H3. The zero-order valence-corrected chi connectivity index (χ0v) is 12.5. The molecule has 94 valence electrons. The second-order valence-corrected chi connectivity index (χ2v) is 5.82. The number of non-ortho nitro benzene ring substituents is 1. The van der Waals surface area contributed by atoms with Gasteiger partial charge < -0.3 is 0 Å². The lowest BCUT2D eigenvalue weighted by molar-refractivity contribution is -0.385. The van der Waals surface area contributed by atoms with Crippen LogP contribution in [0.3, 0.4) is 0 Å². The Labute approximate surface area is 122 Å². The van der Waals surface area contributed by atoms with Gasteiger partial charge in [-0.05, 0) is 34.7 Å². The van der Waals surface area contributed by atoms with Gasteiger partial charge in [0.15, 0.2) is 0 Å². The third-order valence-corrected chi connectivity index (χ3v) is 4.64. The Kier molecular flexibility index (Phi) is 4.23. The molecule has 0 amide bonds. The van der Waals surface area contributed by atoms with Gasteiger partial charge in [-0.3, -0.25) is 14.8 Å². The zero-order chi connectivity index (χ0) is 13.1. The van der Waals surface area contributed by atoms with Gasteiger partial charge >= 0.3 is 0 Å². The fourth-order valence-corrected chi connectivity index (χ4v) is 3.20. The van der Waals surface area contributed by atoms with Gasteiger partial charge in [0.05, 0.1) is 10.6 Å². The molecule has 0 bridgehead atoms. The smallest absolute Gasteiger partial charge is 0.270 e. The van der Waals surface area contributed by atoms with E-state index in [-0.39, 0.29) is 10.6 Å². The summed E-state index contributed by atoms with van der Waals surface area (Å²) < 4.78 is 2.65. The maximum atomic E-state index is 10.6. The number of rotatable bonds is 4. The first-order valence-electron chi connectivity index (χ1n) is 5.11. The molecular formula is C11H10IN3O2S. The number of thioether (sulfide) groups is 1. The zero-order valence-electron chi connectivity index (χ0n) is 9.54. The van der Waals surface area contributed by atoms with Gasteiger partial charge in [0, 0.05) is 39.6 Å². The monoisotopic (exact) mass is 375 g/mol. The Bertz CT molecular complexity index is 585. The van der Waals surface area contributed by atoms with E-state index >= 15 is 0 Å². The summed E-state index contributed by atoms with van der Waals surface area (Å²) in [5.74, 6) is 0.759. The van der Waals surface area contributed by atoms with Crippen LogP contribution >= 0.6 is 34.4 Å². The lowest BCUT2D eigenvalue weighted by atomic mass is 10.3. The first-order valence-corrected chi connectivity index (χ1v) is 7.18. The van der Waals surface area contributed by atoms with Crippen molar-refractivity contribution in [2.24, 2.45) is 7.05 Å². The number of hydrogen-bond acceptors (Lipinski definition) is 4. The Hall–Kier alpha value is -1.09. The Morgan fingerprint density at radius 1 is 1.50 bits per heavy atom. The molecule has 1 aromatic heterocycles. The second-order valence-electron chi connectivity index (χ2n) is 3.64. The third-order valence-electron chi connectivity index (χ3n) is 2.27. The van der Waals surface area contributed by atoms with Gasteiger partial charge in [-0.25, -0.2) is 0 Å². The van der Waals surface area contributed by atoms with Crippen molar-refractivity contribution >= 4 is 40.0 Å². The summed E-state index contributed by atoms with van der Waals surface area (Å²) in [7, 11) is 1.88. The van der Waals surface area contributed by atoms with Gasteiger partial charge in [0.2, 0.25) is 0 Å². The highest BCUT2D eigenvalue weighted by Gasteiger charge is 2.09. The maximum absolute atomic E-state index is 10.6. The molecule has 0 aliphatic rings. The molecule has 7 heteroatoms. The highest BCUT2D eigenvalue weighted by molar-refractivity contribution is 14.1. The molecule has 18 heavy (non-hydrogen) atoms. The number of benzene rings is 1. The molecule has 0 aliphatic carbocycles. The summed E-state index contributed by atoms with van der Waals surface area (Å²) >= 11 is 3.74. The van der Waals surface area contributed by atoms with Crippen LogP contribution in [0.15, 0.2) is 35.4 Å². The second kappa shape index (κ2) is 5.70. The van der Waals surface area contributed by atoms with E-state index in [9.17, 15) is 10.1 Å². The molecule has 0 radical (unpaired) electrons. The van der Waals surface area contributed by atoms with Crippen molar-refractivity contribution in [3.8, 4) is 0 Å². The molecule has 2 aromatic rings. The van der Waals surface area contributed by atoms with Crippen LogP contribution < -0.4 is 0 Å². The molecule has 0 saturated carbocycles. The van der Waals surface area contributed by atoms with Crippen molar-refractivity contribution in [3.05, 3.63) is 49.8 Å². The molecule has 0 unspecified atom stereocenters. The molecule has 0 aliphatic heterocycles. The van der Waals surface area contributed by atoms with Crippen molar-refractivity contribution in [2.75, 3.05) is 0 Å². The van der Waals surface area contributed by atoms with Crippen LogP contribution in [0.5, 0.6) is 0 Å². The molecule has 1 heterocycles. The first-order chi connectivity index (χ1) is 8.56. The average Bonchev–Trinajstić information content (AvgIpc) is 2.73. The van der Waals surface area contributed by atoms with E-state index in [2.05, 4.69) is 27.7 Å². The SMILES string of the molecule is Cn1ccc(CSc2ccc([N+](=O)[O-])cc2I)n1. The number of nitro benzene ring substituents is 1. The van der Waals surface area contributed by atoms with Crippen molar-refractivity contribution in [1.82, 2.24) is 9.78 Å². The third kappa shape index (κ3) is 3.22. The van der Waals surface area contributed by atoms with E-state index < -0.39 is 0 Å². The predicted octanol–water partition coefficient (Wildman–Crippen LogP) is 3.23. The summed E-state index contributed by atoms with van der Waals surface area (Å²) in [6, 6.07) is 6.86. The number of halogens is 1. The van der Waals surface area contributed by atoms with Crippen molar-refractivity contribution < 1.29 is 4.92 Å². The van der Waals surface area contributed by atoms with E-state index in [1.54, 1.807) is 28.6 Å². The fraction of sp³-hybridized carbons (Fsp3) is 0.182. The van der Waals surface area contributed by atoms with Gasteiger partial charge in [0.25, 0.3) is 5.69 Å². The van der Waals surface area contributed by atoms with Crippen molar-refractivity contribution in [2.45, 2.75) is 10.6 Å². The van der Waals surface area contributed by atoms with Crippen LogP contribution in [0, 0.1) is 13.7 Å². The molecule has 0 spiro atoms. The Morgan fingerprint density at radius 3 is 2.83 bits per heavy atom. The molecule has 0 N–H and O–H groups in total. The van der Waals surface area contributed by atoms with Crippen LogP contribution in [0.4, 0.5) is 5.69 Å². The van der Waals surface area contributed by atoms with Crippen LogP contribution in [0.2, 0.25) is 0 Å². The lowest BCUT2D eigenvalue weighted by Gasteiger charge is -2.02. The molecule has 1 aromatic carbocycles. The molecule has 0 fully saturated rings. The normalized spacial score (nSPS) is 10.6.